The average molecular weight is 358 g/mol. The van der Waals surface area contributed by atoms with E-state index in [1.54, 1.807) is 29.1 Å². The predicted molar refractivity (Wildman–Crippen MR) is 104 cm³/mol. The zero-order valence-electron chi connectivity index (χ0n) is 14.8. The van der Waals surface area contributed by atoms with Gasteiger partial charge in [0.15, 0.2) is 0 Å². The minimum absolute atomic E-state index is 0.187. The van der Waals surface area contributed by atoms with Crippen molar-refractivity contribution in [2.45, 2.75) is 6.92 Å². The molecule has 4 aromatic rings. The van der Waals surface area contributed by atoms with Crippen LogP contribution >= 0.6 is 0 Å². The first-order chi connectivity index (χ1) is 13.2. The molecule has 134 valence electrons. The van der Waals surface area contributed by atoms with E-state index in [2.05, 4.69) is 15.5 Å². The predicted octanol–water partition coefficient (Wildman–Crippen LogP) is 4.07. The van der Waals surface area contributed by atoms with Gasteiger partial charge < -0.3 is 10.1 Å². The summed E-state index contributed by atoms with van der Waals surface area (Å²) in [4.78, 5) is 14.0. The molecule has 1 aromatic heterocycles. The summed E-state index contributed by atoms with van der Waals surface area (Å²) in [5.41, 5.74) is 3.59. The average Bonchev–Trinajstić information content (AvgIpc) is 3.13. The van der Waals surface area contributed by atoms with Crippen molar-refractivity contribution in [2.24, 2.45) is 0 Å². The number of aromatic nitrogens is 3. The summed E-state index contributed by atoms with van der Waals surface area (Å²) in [6, 6.07) is 22.2. The van der Waals surface area contributed by atoms with Crippen molar-refractivity contribution in [3.05, 3.63) is 78.4 Å². The first kappa shape index (κ1) is 16.8. The minimum atomic E-state index is -0.187. The second-order valence-electron chi connectivity index (χ2n) is 5.94. The summed E-state index contributed by atoms with van der Waals surface area (Å²) >= 11 is 0. The Labute approximate surface area is 156 Å². The van der Waals surface area contributed by atoms with Gasteiger partial charge in [0, 0.05) is 11.3 Å². The number of rotatable bonds is 5. The standard InChI is InChI=1S/C21H18N4O2/c1-2-27-18-11-8-15(9-12-18)21(26)22-16-10-13-19-20(14-16)24-25(23-19)17-6-4-3-5-7-17/h3-14H,2H2,1H3,(H,22,26). The number of amides is 1. The van der Waals surface area contributed by atoms with Crippen molar-refractivity contribution in [1.29, 1.82) is 0 Å². The molecule has 1 amide bonds. The summed E-state index contributed by atoms with van der Waals surface area (Å²) in [6.07, 6.45) is 0. The number of hydrogen-bond donors (Lipinski definition) is 1. The Morgan fingerprint density at radius 3 is 2.44 bits per heavy atom. The van der Waals surface area contributed by atoms with Gasteiger partial charge in [0.25, 0.3) is 5.91 Å². The van der Waals surface area contributed by atoms with Crippen molar-refractivity contribution < 1.29 is 9.53 Å². The molecular weight excluding hydrogens is 340 g/mol. The number of benzene rings is 3. The van der Waals surface area contributed by atoms with Gasteiger partial charge in [0.05, 0.1) is 12.3 Å². The van der Waals surface area contributed by atoms with Crippen molar-refractivity contribution in [3.8, 4) is 11.4 Å². The highest BCUT2D eigenvalue weighted by Gasteiger charge is 2.09. The summed E-state index contributed by atoms with van der Waals surface area (Å²) in [5, 5.41) is 11.9. The van der Waals surface area contributed by atoms with E-state index in [-0.39, 0.29) is 5.91 Å². The van der Waals surface area contributed by atoms with Gasteiger partial charge in [-0.1, -0.05) is 18.2 Å². The van der Waals surface area contributed by atoms with E-state index in [4.69, 9.17) is 4.74 Å². The lowest BCUT2D eigenvalue weighted by Crippen LogP contribution is -2.11. The van der Waals surface area contributed by atoms with Crippen LogP contribution in [0, 0.1) is 0 Å². The van der Waals surface area contributed by atoms with Crippen molar-refractivity contribution in [2.75, 3.05) is 11.9 Å². The van der Waals surface area contributed by atoms with Crippen LogP contribution in [0.4, 0.5) is 5.69 Å². The molecule has 0 aliphatic rings. The molecule has 4 rings (SSSR count). The minimum Gasteiger partial charge on any atom is -0.494 e. The molecule has 0 atom stereocenters. The molecule has 1 heterocycles. The van der Waals surface area contributed by atoms with Crippen LogP contribution in [0.15, 0.2) is 72.8 Å². The monoisotopic (exact) mass is 358 g/mol. The fraction of sp³-hybridized carbons (Fsp3) is 0.0952. The number of para-hydroxylation sites is 1. The highest BCUT2D eigenvalue weighted by molar-refractivity contribution is 6.05. The quantitative estimate of drug-likeness (QED) is 0.584. The molecule has 27 heavy (non-hydrogen) atoms. The number of nitrogens with zero attached hydrogens (tertiary/aromatic N) is 3. The van der Waals surface area contributed by atoms with Crippen LogP contribution in [0.1, 0.15) is 17.3 Å². The number of hydrogen-bond acceptors (Lipinski definition) is 4. The van der Waals surface area contributed by atoms with E-state index in [0.29, 0.717) is 23.4 Å². The van der Waals surface area contributed by atoms with Crippen LogP contribution in [0.5, 0.6) is 5.75 Å². The number of fused-ring (bicyclic) bond motifs is 1. The van der Waals surface area contributed by atoms with Gasteiger partial charge in [0.1, 0.15) is 16.8 Å². The maximum Gasteiger partial charge on any atom is 0.255 e. The number of nitrogens with one attached hydrogen (secondary N) is 1. The largest absolute Gasteiger partial charge is 0.494 e. The molecule has 0 aliphatic carbocycles. The third-order valence-electron chi connectivity index (χ3n) is 4.05. The molecule has 0 saturated carbocycles. The number of anilines is 1. The summed E-state index contributed by atoms with van der Waals surface area (Å²) in [6.45, 7) is 2.51. The van der Waals surface area contributed by atoms with Gasteiger partial charge in [-0.15, -0.1) is 10.2 Å². The van der Waals surface area contributed by atoms with E-state index in [9.17, 15) is 4.79 Å². The highest BCUT2D eigenvalue weighted by Crippen LogP contribution is 2.19. The van der Waals surface area contributed by atoms with E-state index in [1.165, 1.54) is 0 Å². The van der Waals surface area contributed by atoms with Gasteiger partial charge in [-0.2, -0.15) is 4.80 Å². The van der Waals surface area contributed by atoms with Crippen molar-refractivity contribution in [1.82, 2.24) is 15.0 Å². The van der Waals surface area contributed by atoms with Gasteiger partial charge in [-0.3, -0.25) is 4.79 Å². The lowest BCUT2D eigenvalue weighted by molar-refractivity contribution is 0.102. The third kappa shape index (κ3) is 3.64. The van der Waals surface area contributed by atoms with Crippen LogP contribution in [0.25, 0.3) is 16.7 Å². The highest BCUT2D eigenvalue weighted by atomic mass is 16.5. The third-order valence-corrected chi connectivity index (χ3v) is 4.05. The van der Waals surface area contributed by atoms with E-state index >= 15 is 0 Å². The molecule has 0 aliphatic heterocycles. The topological polar surface area (TPSA) is 69.0 Å². The van der Waals surface area contributed by atoms with Crippen molar-refractivity contribution in [3.63, 3.8) is 0 Å². The lowest BCUT2D eigenvalue weighted by atomic mass is 10.2. The molecule has 0 fully saturated rings. The Hall–Kier alpha value is -3.67. The van der Waals surface area contributed by atoms with Crippen molar-refractivity contribution >= 4 is 22.6 Å². The molecule has 3 aromatic carbocycles. The van der Waals surface area contributed by atoms with Crippen LogP contribution in [0.2, 0.25) is 0 Å². The molecule has 1 N–H and O–H groups in total. The van der Waals surface area contributed by atoms with Gasteiger partial charge in [-0.25, -0.2) is 0 Å². The zero-order chi connectivity index (χ0) is 18.6. The molecule has 0 radical (unpaired) electrons. The van der Waals surface area contributed by atoms with Crippen LogP contribution in [-0.4, -0.2) is 27.5 Å². The Morgan fingerprint density at radius 2 is 1.70 bits per heavy atom. The van der Waals surface area contributed by atoms with Gasteiger partial charge >= 0.3 is 0 Å². The second-order valence-corrected chi connectivity index (χ2v) is 5.94. The summed E-state index contributed by atoms with van der Waals surface area (Å²) in [5.74, 6) is 0.556. The number of ether oxygens (including phenoxy) is 1. The Balaban J connectivity index is 1.54. The number of carbonyl (C=O) groups is 1. The second kappa shape index (κ2) is 7.29. The molecule has 6 heteroatoms. The molecular formula is C21H18N4O2. The number of carbonyl (C=O) groups excluding carboxylic acids is 1. The molecule has 0 spiro atoms. The maximum atomic E-state index is 12.5. The lowest BCUT2D eigenvalue weighted by Gasteiger charge is -2.06. The summed E-state index contributed by atoms with van der Waals surface area (Å²) < 4.78 is 5.40. The van der Waals surface area contributed by atoms with E-state index in [0.717, 1.165) is 17.0 Å². The molecule has 6 nitrogen and oxygen atoms in total. The zero-order valence-corrected chi connectivity index (χ0v) is 14.8. The first-order valence-corrected chi connectivity index (χ1v) is 8.69. The molecule has 0 saturated heterocycles. The Morgan fingerprint density at radius 1 is 0.963 bits per heavy atom. The fourth-order valence-corrected chi connectivity index (χ4v) is 2.74. The maximum absolute atomic E-state index is 12.5. The van der Waals surface area contributed by atoms with Gasteiger partial charge in [0.2, 0.25) is 0 Å². The van der Waals surface area contributed by atoms with Crippen LogP contribution in [0.3, 0.4) is 0 Å². The molecule has 0 unspecified atom stereocenters. The Bertz CT molecular complexity index is 1070. The summed E-state index contributed by atoms with van der Waals surface area (Å²) in [7, 11) is 0. The fourth-order valence-electron chi connectivity index (χ4n) is 2.74. The SMILES string of the molecule is CCOc1ccc(C(=O)Nc2ccc3nn(-c4ccccc4)nc3c2)cc1. The molecule has 0 bridgehead atoms. The normalized spacial score (nSPS) is 10.7. The van der Waals surface area contributed by atoms with Crippen LogP contribution < -0.4 is 10.1 Å². The van der Waals surface area contributed by atoms with E-state index in [1.807, 2.05) is 55.5 Å². The van der Waals surface area contributed by atoms with Crippen LogP contribution in [-0.2, 0) is 0 Å². The smallest absolute Gasteiger partial charge is 0.255 e. The first-order valence-electron chi connectivity index (χ1n) is 8.69. The van der Waals surface area contributed by atoms with Gasteiger partial charge in [-0.05, 0) is 61.5 Å². The Kier molecular flexibility index (Phi) is 4.53. The van der Waals surface area contributed by atoms with E-state index < -0.39 is 0 Å².